The summed E-state index contributed by atoms with van der Waals surface area (Å²) in [4.78, 5) is 0. The molecule has 84 valence electrons. The minimum atomic E-state index is 0.256. The Morgan fingerprint density at radius 1 is 1.12 bits per heavy atom. The highest BCUT2D eigenvalue weighted by molar-refractivity contribution is 5.35. The number of unbranched alkanes of at least 4 members (excludes halogenated alkanes) is 1. The van der Waals surface area contributed by atoms with Gasteiger partial charge in [-0.25, -0.2) is 0 Å². The summed E-state index contributed by atoms with van der Waals surface area (Å²) in [7, 11) is 0. The lowest BCUT2D eigenvalue weighted by Crippen LogP contribution is -2.24. The van der Waals surface area contributed by atoms with Crippen LogP contribution in [0.1, 0.15) is 38.2 Å². The molecule has 0 saturated carbocycles. The van der Waals surface area contributed by atoms with Gasteiger partial charge >= 0.3 is 0 Å². The molecule has 0 bridgehead atoms. The van der Waals surface area contributed by atoms with Crippen molar-refractivity contribution in [3.63, 3.8) is 0 Å². The third-order valence-electron chi connectivity index (χ3n) is 3.47. The van der Waals surface area contributed by atoms with Crippen molar-refractivity contribution >= 4 is 0 Å². The van der Waals surface area contributed by atoms with Crippen LogP contribution in [0, 0.1) is 0 Å². The zero-order valence-corrected chi connectivity index (χ0v) is 10.0. The van der Waals surface area contributed by atoms with E-state index in [9.17, 15) is 0 Å². The minimum Gasteiger partial charge on any atom is -0.0833 e. The fourth-order valence-electron chi connectivity index (χ4n) is 2.47. The zero-order valence-electron chi connectivity index (χ0n) is 10.0. The molecule has 0 heteroatoms. The van der Waals surface area contributed by atoms with Crippen LogP contribution in [0.4, 0.5) is 0 Å². The van der Waals surface area contributed by atoms with Crippen LogP contribution in [-0.2, 0) is 5.41 Å². The lowest BCUT2D eigenvalue weighted by Gasteiger charge is -2.32. The number of hydrogen-bond donors (Lipinski definition) is 0. The maximum absolute atomic E-state index is 2.39. The fourth-order valence-corrected chi connectivity index (χ4v) is 2.47. The van der Waals surface area contributed by atoms with Crippen molar-refractivity contribution in [2.75, 3.05) is 0 Å². The normalized spacial score (nSPS) is 23.6. The Morgan fingerprint density at radius 3 is 2.56 bits per heavy atom. The topological polar surface area (TPSA) is 0 Å². The van der Waals surface area contributed by atoms with Gasteiger partial charge in [-0.05, 0) is 18.4 Å². The number of benzene rings is 1. The average molecular weight is 212 g/mol. The number of rotatable bonds is 4. The summed E-state index contributed by atoms with van der Waals surface area (Å²) in [5.41, 5.74) is 1.72. The van der Waals surface area contributed by atoms with Crippen LogP contribution in [0.2, 0.25) is 0 Å². The Labute approximate surface area is 98.7 Å². The van der Waals surface area contributed by atoms with Gasteiger partial charge in [0.1, 0.15) is 0 Å². The summed E-state index contributed by atoms with van der Waals surface area (Å²) in [5.74, 6) is 0. The SMILES string of the molecule is CCCCC1(c2ccccc2)C=CC=CC1. The monoisotopic (exact) mass is 212 g/mol. The first-order valence-corrected chi connectivity index (χ1v) is 6.27. The van der Waals surface area contributed by atoms with E-state index in [4.69, 9.17) is 0 Å². The first kappa shape index (κ1) is 11.2. The highest BCUT2D eigenvalue weighted by Crippen LogP contribution is 2.37. The third-order valence-corrected chi connectivity index (χ3v) is 3.47. The molecular weight excluding hydrogens is 192 g/mol. The van der Waals surface area contributed by atoms with Crippen molar-refractivity contribution in [3.8, 4) is 0 Å². The average Bonchev–Trinajstić information content (AvgIpc) is 2.38. The van der Waals surface area contributed by atoms with E-state index in [-0.39, 0.29) is 5.41 Å². The van der Waals surface area contributed by atoms with Crippen molar-refractivity contribution in [2.24, 2.45) is 0 Å². The molecule has 0 aliphatic heterocycles. The largest absolute Gasteiger partial charge is 0.0833 e. The van der Waals surface area contributed by atoms with E-state index >= 15 is 0 Å². The van der Waals surface area contributed by atoms with E-state index < -0.39 is 0 Å². The molecule has 0 heterocycles. The van der Waals surface area contributed by atoms with E-state index in [1.54, 1.807) is 0 Å². The van der Waals surface area contributed by atoms with Gasteiger partial charge in [0.05, 0.1) is 0 Å². The van der Waals surface area contributed by atoms with E-state index in [2.05, 4.69) is 61.6 Å². The van der Waals surface area contributed by atoms with E-state index in [1.165, 1.54) is 24.8 Å². The minimum absolute atomic E-state index is 0.256. The van der Waals surface area contributed by atoms with Gasteiger partial charge < -0.3 is 0 Å². The molecule has 1 unspecified atom stereocenters. The second-order valence-electron chi connectivity index (χ2n) is 4.62. The van der Waals surface area contributed by atoms with Crippen LogP contribution in [0.15, 0.2) is 54.6 Å². The molecule has 0 radical (unpaired) electrons. The second-order valence-corrected chi connectivity index (χ2v) is 4.62. The molecule has 0 nitrogen and oxygen atoms in total. The molecule has 0 saturated heterocycles. The van der Waals surface area contributed by atoms with Gasteiger partial charge in [-0.1, -0.05) is 74.4 Å². The van der Waals surface area contributed by atoms with Gasteiger partial charge in [0, 0.05) is 5.41 Å². The molecule has 16 heavy (non-hydrogen) atoms. The molecule has 0 aromatic heterocycles. The van der Waals surface area contributed by atoms with Gasteiger partial charge in [-0.2, -0.15) is 0 Å². The van der Waals surface area contributed by atoms with Gasteiger partial charge in [0.25, 0.3) is 0 Å². The Bertz CT molecular complexity index is 372. The smallest absolute Gasteiger partial charge is 0.0169 e. The van der Waals surface area contributed by atoms with Gasteiger partial charge in [-0.3, -0.25) is 0 Å². The Morgan fingerprint density at radius 2 is 1.94 bits per heavy atom. The van der Waals surface area contributed by atoms with Crippen LogP contribution < -0.4 is 0 Å². The molecule has 1 aromatic carbocycles. The Balaban J connectivity index is 2.28. The first-order chi connectivity index (χ1) is 7.87. The van der Waals surface area contributed by atoms with Crippen LogP contribution in [0.5, 0.6) is 0 Å². The van der Waals surface area contributed by atoms with Crippen LogP contribution >= 0.6 is 0 Å². The molecule has 0 amide bonds. The first-order valence-electron chi connectivity index (χ1n) is 6.27. The highest BCUT2D eigenvalue weighted by atomic mass is 14.3. The summed E-state index contributed by atoms with van der Waals surface area (Å²) < 4.78 is 0. The molecule has 1 atom stereocenters. The molecule has 0 fully saturated rings. The van der Waals surface area contributed by atoms with Crippen molar-refractivity contribution < 1.29 is 0 Å². The Kier molecular flexibility index (Phi) is 3.61. The summed E-state index contributed by atoms with van der Waals surface area (Å²) in [5, 5.41) is 0. The summed E-state index contributed by atoms with van der Waals surface area (Å²) in [6, 6.07) is 10.9. The van der Waals surface area contributed by atoms with Crippen molar-refractivity contribution in [1.82, 2.24) is 0 Å². The fraction of sp³-hybridized carbons (Fsp3) is 0.375. The van der Waals surface area contributed by atoms with E-state index in [0.717, 1.165) is 6.42 Å². The Hall–Kier alpha value is -1.30. The van der Waals surface area contributed by atoms with Crippen LogP contribution in [-0.4, -0.2) is 0 Å². The molecule has 2 rings (SSSR count). The summed E-state index contributed by atoms with van der Waals surface area (Å²) in [6.45, 7) is 2.26. The van der Waals surface area contributed by atoms with E-state index in [0.29, 0.717) is 0 Å². The predicted octanol–water partition coefficient (Wildman–Crippen LogP) is 4.63. The molecule has 1 aliphatic carbocycles. The van der Waals surface area contributed by atoms with Crippen LogP contribution in [0.3, 0.4) is 0 Å². The maximum Gasteiger partial charge on any atom is 0.0169 e. The van der Waals surface area contributed by atoms with Gasteiger partial charge in [-0.15, -0.1) is 0 Å². The van der Waals surface area contributed by atoms with E-state index in [1.807, 2.05) is 0 Å². The zero-order chi connectivity index (χ0) is 11.3. The predicted molar refractivity (Wildman–Crippen MR) is 70.5 cm³/mol. The molecule has 1 aliphatic rings. The summed E-state index contributed by atoms with van der Waals surface area (Å²) >= 11 is 0. The van der Waals surface area contributed by atoms with Crippen molar-refractivity contribution in [1.29, 1.82) is 0 Å². The number of hydrogen-bond acceptors (Lipinski definition) is 0. The molecule has 0 spiro atoms. The van der Waals surface area contributed by atoms with Crippen molar-refractivity contribution in [2.45, 2.75) is 38.0 Å². The highest BCUT2D eigenvalue weighted by Gasteiger charge is 2.28. The quantitative estimate of drug-likeness (QED) is 0.682. The van der Waals surface area contributed by atoms with Crippen molar-refractivity contribution in [3.05, 3.63) is 60.2 Å². The molecule has 0 N–H and O–H groups in total. The van der Waals surface area contributed by atoms with Gasteiger partial charge in [0.2, 0.25) is 0 Å². The summed E-state index contributed by atoms with van der Waals surface area (Å²) in [6.07, 6.45) is 14.0. The number of allylic oxidation sites excluding steroid dienone is 4. The standard InChI is InChI=1S/C16H20/c1-2-3-12-16(13-8-5-9-14-16)15-10-6-4-7-11-15/h4-11,13H,2-3,12,14H2,1H3. The molecule has 1 aromatic rings. The third kappa shape index (κ3) is 2.27. The maximum atomic E-state index is 2.39. The van der Waals surface area contributed by atoms with Crippen LogP contribution in [0.25, 0.3) is 0 Å². The lowest BCUT2D eigenvalue weighted by atomic mass is 9.72. The second kappa shape index (κ2) is 5.16. The lowest BCUT2D eigenvalue weighted by molar-refractivity contribution is 0.469. The van der Waals surface area contributed by atoms with Gasteiger partial charge in [0.15, 0.2) is 0 Å². The molecular formula is C16H20.